The standard InChI is InChI=1S/C22H13N2PSe2/c1-3-7-18-16(5-1)25-17-6-2-4-8-19(17)27-21-12-14(11-20(26-18)22(21)25)15-13-23-9-10-24-15/h1-13H. The number of benzene rings is 3. The first-order chi connectivity index (χ1) is 13.4. The van der Waals surface area contributed by atoms with Gasteiger partial charge in [-0.3, -0.25) is 0 Å². The van der Waals surface area contributed by atoms with Crippen LogP contribution in [0.4, 0.5) is 0 Å². The van der Waals surface area contributed by atoms with Crippen LogP contribution in [0.25, 0.3) is 11.3 Å². The quantitative estimate of drug-likeness (QED) is 0.235. The Morgan fingerprint density at radius 3 is 1.93 bits per heavy atom. The van der Waals surface area contributed by atoms with Gasteiger partial charge in [-0.2, -0.15) is 0 Å². The van der Waals surface area contributed by atoms with Crippen LogP contribution in [0.2, 0.25) is 0 Å². The third-order valence-electron chi connectivity index (χ3n) is 4.77. The van der Waals surface area contributed by atoms with E-state index in [9.17, 15) is 0 Å². The molecule has 6 rings (SSSR count). The molecule has 5 heteroatoms. The first kappa shape index (κ1) is 16.2. The molecular weight excluding hydrogens is 481 g/mol. The fourth-order valence-corrected chi connectivity index (χ4v) is 13.5. The fourth-order valence-electron chi connectivity index (χ4n) is 3.62. The van der Waals surface area contributed by atoms with E-state index in [4.69, 9.17) is 0 Å². The van der Waals surface area contributed by atoms with Crippen molar-refractivity contribution in [3.8, 4) is 11.3 Å². The van der Waals surface area contributed by atoms with Gasteiger partial charge in [0.15, 0.2) is 0 Å². The number of rotatable bonds is 1. The van der Waals surface area contributed by atoms with Crippen molar-refractivity contribution in [3.63, 3.8) is 0 Å². The molecule has 0 fully saturated rings. The van der Waals surface area contributed by atoms with Gasteiger partial charge in [0.05, 0.1) is 0 Å². The Kier molecular flexibility index (Phi) is 3.83. The van der Waals surface area contributed by atoms with Gasteiger partial charge in [0, 0.05) is 0 Å². The molecule has 0 amide bonds. The van der Waals surface area contributed by atoms with Crippen molar-refractivity contribution in [1.29, 1.82) is 0 Å². The molecule has 27 heavy (non-hydrogen) atoms. The zero-order chi connectivity index (χ0) is 17.8. The van der Waals surface area contributed by atoms with Crippen molar-refractivity contribution in [2.75, 3.05) is 0 Å². The Balaban J connectivity index is 1.64. The molecule has 0 unspecified atom stereocenters. The Morgan fingerprint density at radius 2 is 1.33 bits per heavy atom. The number of hydrogen-bond donors (Lipinski definition) is 0. The van der Waals surface area contributed by atoms with E-state index in [1.807, 2.05) is 6.20 Å². The van der Waals surface area contributed by atoms with E-state index < -0.39 is 7.92 Å². The zero-order valence-electron chi connectivity index (χ0n) is 14.2. The van der Waals surface area contributed by atoms with Crippen molar-refractivity contribution in [2.45, 2.75) is 0 Å². The van der Waals surface area contributed by atoms with E-state index >= 15 is 0 Å². The van der Waals surface area contributed by atoms with Crippen molar-refractivity contribution < 1.29 is 0 Å². The maximum atomic E-state index is 4.56. The summed E-state index contributed by atoms with van der Waals surface area (Å²) in [6.45, 7) is 0. The second kappa shape index (κ2) is 6.38. The van der Waals surface area contributed by atoms with Crippen LogP contribution >= 0.6 is 7.92 Å². The van der Waals surface area contributed by atoms with Crippen LogP contribution in [0.3, 0.4) is 0 Å². The molecule has 0 spiro atoms. The Hall–Kier alpha value is -1.79. The first-order valence-corrected chi connectivity index (χ1v) is 13.4. The van der Waals surface area contributed by atoms with E-state index in [0.29, 0.717) is 29.9 Å². The molecule has 0 saturated heterocycles. The van der Waals surface area contributed by atoms with Crippen molar-refractivity contribution in [2.24, 2.45) is 0 Å². The number of nitrogens with zero attached hydrogens (tertiary/aromatic N) is 2. The zero-order valence-corrected chi connectivity index (χ0v) is 18.5. The predicted molar refractivity (Wildman–Crippen MR) is 116 cm³/mol. The maximum absolute atomic E-state index is 4.56. The fraction of sp³-hybridized carbons (Fsp3) is 0. The molecule has 1 aromatic heterocycles. The molecule has 0 atom stereocenters. The number of aromatic nitrogens is 2. The van der Waals surface area contributed by atoms with Gasteiger partial charge < -0.3 is 0 Å². The summed E-state index contributed by atoms with van der Waals surface area (Å²) in [4.78, 5) is 8.84. The summed E-state index contributed by atoms with van der Waals surface area (Å²) >= 11 is 0.695. The van der Waals surface area contributed by atoms with Gasteiger partial charge in [-0.1, -0.05) is 0 Å². The van der Waals surface area contributed by atoms with Gasteiger partial charge in [-0.05, 0) is 0 Å². The van der Waals surface area contributed by atoms with Crippen LogP contribution in [0, 0.1) is 0 Å². The Labute approximate surface area is 171 Å². The Bertz CT molecular complexity index is 1120. The molecule has 128 valence electrons. The van der Waals surface area contributed by atoms with Gasteiger partial charge in [0.25, 0.3) is 0 Å². The summed E-state index contributed by atoms with van der Waals surface area (Å²) in [6, 6.07) is 23.0. The van der Waals surface area contributed by atoms with E-state index in [1.54, 1.807) is 37.2 Å². The van der Waals surface area contributed by atoms with Crippen LogP contribution < -0.4 is 33.8 Å². The average molecular weight is 494 g/mol. The van der Waals surface area contributed by atoms with Crippen molar-refractivity contribution >= 4 is 71.6 Å². The van der Waals surface area contributed by atoms with Crippen LogP contribution in [0.15, 0.2) is 79.3 Å². The molecule has 2 aliphatic heterocycles. The molecule has 0 N–H and O–H groups in total. The molecular formula is C22H13N2PSe2. The Morgan fingerprint density at radius 1 is 0.704 bits per heavy atom. The molecule has 2 nitrogen and oxygen atoms in total. The second-order valence-electron chi connectivity index (χ2n) is 6.39. The third kappa shape index (κ3) is 2.57. The summed E-state index contributed by atoms with van der Waals surface area (Å²) < 4.78 is 6.16. The molecule has 3 heterocycles. The topological polar surface area (TPSA) is 25.8 Å². The normalized spacial score (nSPS) is 14.2. The van der Waals surface area contributed by atoms with E-state index in [1.165, 1.54) is 14.5 Å². The van der Waals surface area contributed by atoms with Gasteiger partial charge in [-0.15, -0.1) is 0 Å². The van der Waals surface area contributed by atoms with Crippen LogP contribution in [-0.4, -0.2) is 39.9 Å². The summed E-state index contributed by atoms with van der Waals surface area (Å²) in [6.07, 6.45) is 5.41. The molecule has 4 aromatic rings. The molecule has 0 radical (unpaired) electrons. The van der Waals surface area contributed by atoms with E-state index in [0.717, 1.165) is 5.69 Å². The van der Waals surface area contributed by atoms with Crippen LogP contribution in [0.5, 0.6) is 0 Å². The van der Waals surface area contributed by atoms with E-state index in [2.05, 4.69) is 70.6 Å². The summed E-state index contributed by atoms with van der Waals surface area (Å²) in [7, 11) is -0.437. The minimum atomic E-state index is -0.437. The third-order valence-corrected chi connectivity index (χ3v) is 13.5. The minimum absolute atomic E-state index is 0.347. The molecule has 0 saturated carbocycles. The summed E-state index contributed by atoms with van der Waals surface area (Å²) in [5.41, 5.74) is 2.19. The van der Waals surface area contributed by atoms with Crippen molar-refractivity contribution in [3.05, 3.63) is 79.3 Å². The van der Waals surface area contributed by atoms with Crippen LogP contribution in [0.1, 0.15) is 0 Å². The number of hydrogen-bond acceptors (Lipinski definition) is 2. The van der Waals surface area contributed by atoms with Gasteiger partial charge in [0.2, 0.25) is 0 Å². The molecule has 2 aliphatic rings. The molecule has 3 aromatic carbocycles. The summed E-state index contributed by atoms with van der Waals surface area (Å²) in [5.74, 6) is 0. The average Bonchev–Trinajstić information content (AvgIpc) is 2.74. The van der Waals surface area contributed by atoms with Gasteiger partial charge in [0.1, 0.15) is 0 Å². The molecule has 0 aliphatic carbocycles. The van der Waals surface area contributed by atoms with Crippen molar-refractivity contribution in [1.82, 2.24) is 9.97 Å². The second-order valence-corrected chi connectivity index (χ2v) is 13.0. The monoisotopic (exact) mass is 496 g/mol. The van der Waals surface area contributed by atoms with Gasteiger partial charge >= 0.3 is 172 Å². The van der Waals surface area contributed by atoms with Gasteiger partial charge in [-0.25, -0.2) is 0 Å². The number of fused-ring (bicyclic) bond motifs is 4. The molecule has 0 bridgehead atoms. The predicted octanol–water partition coefficient (Wildman–Crippen LogP) is -0.161. The van der Waals surface area contributed by atoms with Crippen LogP contribution in [-0.2, 0) is 0 Å². The first-order valence-electron chi connectivity index (χ1n) is 8.67. The summed E-state index contributed by atoms with van der Waals surface area (Å²) in [5, 5.41) is 4.77. The van der Waals surface area contributed by atoms with E-state index in [-0.39, 0.29) is 0 Å². The SMILES string of the molecule is c1ccc2c(c1)[Se]c1cc(-c3cnccn3)cc3c1P2c1ccccc1[Se]3.